The molecule has 0 spiro atoms. The molecule has 2 aliphatic rings. The second-order valence-electron chi connectivity index (χ2n) is 4.75. The summed E-state index contributed by atoms with van der Waals surface area (Å²) in [6, 6.07) is 6.74. The topological polar surface area (TPSA) is 29.1 Å². The van der Waals surface area contributed by atoms with Crippen LogP contribution in [0.4, 0.5) is 0 Å². The Kier molecular flexibility index (Phi) is 2.79. The fraction of sp³-hybridized carbons (Fsp3) is 0.357. The van der Waals surface area contributed by atoms with E-state index in [1.165, 1.54) is 16.7 Å². The number of hydrogen-bond donors (Lipinski definition) is 1. The normalized spacial score (nSPS) is 20.4. The van der Waals surface area contributed by atoms with E-state index in [0.29, 0.717) is 6.04 Å². The van der Waals surface area contributed by atoms with Gasteiger partial charge in [0.25, 0.3) is 0 Å². The van der Waals surface area contributed by atoms with Crippen molar-refractivity contribution in [1.82, 2.24) is 5.32 Å². The van der Waals surface area contributed by atoms with Gasteiger partial charge in [0.15, 0.2) is 0 Å². The third-order valence-corrected chi connectivity index (χ3v) is 3.80. The van der Waals surface area contributed by atoms with Gasteiger partial charge in [-0.3, -0.25) is 4.79 Å². The molecular weight excluding hydrogens is 278 g/mol. The maximum absolute atomic E-state index is 11.7. The van der Waals surface area contributed by atoms with Gasteiger partial charge < -0.3 is 5.32 Å². The fourth-order valence-corrected chi connectivity index (χ4v) is 2.61. The molecule has 2 aliphatic carbocycles. The first-order valence-corrected chi connectivity index (χ1v) is 6.81. The summed E-state index contributed by atoms with van der Waals surface area (Å²) in [6.07, 6.45) is 6.07. The Morgan fingerprint density at radius 1 is 1.35 bits per heavy atom. The molecule has 0 radical (unpaired) electrons. The number of hydrogen-bond acceptors (Lipinski definition) is 1. The summed E-state index contributed by atoms with van der Waals surface area (Å²) in [4.78, 5) is 11.7. The Morgan fingerprint density at radius 2 is 2.18 bits per heavy atom. The van der Waals surface area contributed by atoms with Gasteiger partial charge in [0, 0.05) is 16.6 Å². The van der Waals surface area contributed by atoms with E-state index < -0.39 is 0 Å². The third kappa shape index (κ3) is 2.44. The summed E-state index contributed by atoms with van der Waals surface area (Å²) in [7, 11) is 0. The van der Waals surface area contributed by atoms with Crippen LogP contribution in [0.5, 0.6) is 0 Å². The van der Waals surface area contributed by atoms with Crippen LogP contribution >= 0.6 is 15.9 Å². The molecule has 3 heteroatoms. The van der Waals surface area contributed by atoms with Crippen LogP contribution in [0.25, 0.3) is 5.57 Å². The van der Waals surface area contributed by atoms with E-state index in [9.17, 15) is 4.79 Å². The molecule has 1 aromatic carbocycles. The third-order valence-electron chi connectivity index (χ3n) is 3.31. The molecule has 0 aromatic heterocycles. The van der Waals surface area contributed by atoms with Crippen molar-refractivity contribution in [3.63, 3.8) is 0 Å². The Balaban J connectivity index is 1.83. The molecule has 0 saturated heterocycles. The molecule has 0 aliphatic heterocycles. The van der Waals surface area contributed by atoms with Crippen LogP contribution in [0.15, 0.2) is 28.7 Å². The lowest BCUT2D eigenvalue weighted by Crippen LogP contribution is -2.23. The molecule has 3 rings (SSSR count). The van der Waals surface area contributed by atoms with Gasteiger partial charge >= 0.3 is 0 Å². The Hall–Kier alpha value is -1.09. The van der Waals surface area contributed by atoms with Crippen LogP contribution in [0, 0.1) is 0 Å². The van der Waals surface area contributed by atoms with E-state index in [1.54, 1.807) is 6.08 Å². The zero-order valence-electron chi connectivity index (χ0n) is 9.50. The van der Waals surface area contributed by atoms with Crippen LogP contribution in [0.2, 0.25) is 0 Å². The second-order valence-corrected chi connectivity index (χ2v) is 5.67. The quantitative estimate of drug-likeness (QED) is 0.834. The average molecular weight is 292 g/mol. The Labute approximate surface area is 109 Å². The highest BCUT2D eigenvalue weighted by Crippen LogP contribution is 2.34. The van der Waals surface area contributed by atoms with Gasteiger partial charge in [0.05, 0.1) is 0 Å². The molecule has 0 bridgehead atoms. The van der Waals surface area contributed by atoms with Gasteiger partial charge in [-0.25, -0.2) is 0 Å². The highest BCUT2D eigenvalue weighted by molar-refractivity contribution is 9.10. The summed E-state index contributed by atoms with van der Waals surface area (Å²) in [5.41, 5.74) is 3.74. The van der Waals surface area contributed by atoms with Crippen molar-refractivity contribution in [2.75, 3.05) is 0 Å². The number of carbonyl (C=O) groups excluding carboxylic acids is 1. The lowest BCUT2D eigenvalue weighted by atomic mass is 10.1. The molecule has 1 amide bonds. The minimum absolute atomic E-state index is 0.0651. The van der Waals surface area contributed by atoms with Crippen molar-refractivity contribution in [1.29, 1.82) is 0 Å². The van der Waals surface area contributed by atoms with Crippen molar-refractivity contribution in [3.8, 4) is 0 Å². The van der Waals surface area contributed by atoms with Gasteiger partial charge in [0.2, 0.25) is 5.91 Å². The van der Waals surface area contributed by atoms with Crippen molar-refractivity contribution in [3.05, 3.63) is 39.9 Å². The molecule has 1 aromatic rings. The monoisotopic (exact) mass is 291 g/mol. The number of amides is 1. The molecule has 0 atom stereocenters. The zero-order chi connectivity index (χ0) is 11.8. The standard InChI is InChI=1S/C14H14BrNO/c15-11-4-3-9-1-2-10(13(9)8-11)7-14(17)16-12-5-6-12/h3-4,7-8,12H,1-2,5-6H2,(H,16,17)/b10-7-. The first kappa shape index (κ1) is 11.0. The number of fused-ring (bicyclic) bond motifs is 1. The van der Waals surface area contributed by atoms with Crippen molar-refractivity contribution in [2.24, 2.45) is 0 Å². The summed E-state index contributed by atoms with van der Waals surface area (Å²) in [6.45, 7) is 0. The number of allylic oxidation sites excluding steroid dienone is 1. The highest BCUT2D eigenvalue weighted by Gasteiger charge is 2.23. The molecule has 1 saturated carbocycles. The van der Waals surface area contributed by atoms with E-state index in [-0.39, 0.29) is 5.91 Å². The van der Waals surface area contributed by atoms with Crippen molar-refractivity contribution in [2.45, 2.75) is 31.7 Å². The second kappa shape index (κ2) is 4.30. The summed E-state index contributed by atoms with van der Waals surface area (Å²) >= 11 is 3.48. The number of carbonyl (C=O) groups is 1. The number of aryl methyl sites for hydroxylation is 1. The molecule has 1 fully saturated rings. The van der Waals surface area contributed by atoms with Crippen LogP contribution in [0.1, 0.15) is 30.4 Å². The van der Waals surface area contributed by atoms with Crippen LogP contribution in [-0.2, 0) is 11.2 Å². The van der Waals surface area contributed by atoms with Crippen molar-refractivity contribution >= 4 is 27.4 Å². The molecular formula is C14H14BrNO. The van der Waals surface area contributed by atoms with Gasteiger partial charge in [0.1, 0.15) is 0 Å². The molecule has 2 nitrogen and oxygen atoms in total. The fourth-order valence-electron chi connectivity index (χ4n) is 2.25. The number of nitrogens with one attached hydrogen (secondary N) is 1. The predicted molar refractivity (Wildman–Crippen MR) is 71.6 cm³/mol. The van der Waals surface area contributed by atoms with Crippen LogP contribution in [0.3, 0.4) is 0 Å². The molecule has 0 heterocycles. The summed E-state index contributed by atoms with van der Waals surface area (Å²) < 4.78 is 1.08. The first-order chi connectivity index (χ1) is 8.22. The Bertz CT molecular complexity index is 503. The maximum atomic E-state index is 11.7. The van der Waals surface area contributed by atoms with Crippen molar-refractivity contribution < 1.29 is 4.79 Å². The largest absolute Gasteiger partial charge is 0.350 e. The van der Waals surface area contributed by atoms with E-state index in [2.05, 4.69) is 39.4 Å². The Morgan fingerprint density at radius 3 is 2.94 bits per heavy atom. The van der Waals surface area contributed by atoms with E-state index in [4.69, 9.17) is 0 Å². The maximum Gasteiger partial charge on any atom is 0.244 e. The van der Waals surface area contributed by atoms with Gasteiger partial charge in [-0.1, -0.05) is 22.0 Å². The van der Waals surface area contributed by atoms with Gasteiger partial charge in [-0.05, 0) is 54.5 Å². The van der Waals surface area contributed by atoms with Crippen LogP contribution in [-0.4, -0.2) is 11.9 Å². The number of benzene rings is 1. The van der Waals surface area contributed by atoms with Gasteiger partial charge in [-0.2, -0.15) is 0 Å². The minimum Gasteiger partial charge on any atom is -0.350 e. The summed E-state index contributed by atoms with van der Waals surface area (Å²) in [5, 5.41) is 3.00. The highest BCUT2D eigenvalue weighted by atomic mass is 79.9. The average Bonchev–Trinajstić information content (AvgIpc) is 3.01. The lowest BCUT2D eigenvalue weighted by Gasteiger charge is -2.03. The zero-order valence-corrected chi connectivity index (χ0v) is 11.1. The number of halogens is 1. The first-order valence-electron chi connectivity index (χ1n) is 6.02. The lowest BCUT2D eigenvalue weighted by molar-refractivity contribution is -0.116. The van der Waals surface area contributed by atoms with E-state index in [1.807, 2.05) is 0 Å². The molecule has 0 unspecified atom stereocenters. The predicted octanol–water partition coefficient (Wildman–Crippen LogP) is 3.06. The molecule has 88 valence electrons. The van der Waals surface area contributed by atoms with Crippen LogP contribution < -0.4 is 5.32 Å². The molecule has 17 heavy (non-hydrogen) atoms. The smallest absolute Gasteiger partial charge is 0.244 e. The SMILES string of the molecule is O=C(/C=C1/CCc2ccc(Br)cc21)NC1CC1. The molecule has 1 N–H and O–H groups in total. The minimum atomic E-state index is 0.0651. The number of rotatable bonds is 2. The van der Waals surface area contributed by atoms with Gasteiger partial charge in [-0.15, -0.1) is 0 Å². The summed E-state index contributed by atoms with van der Waals surface area (Å²) in [5.74, 6) is 0.0651. The van der Waals surface area contributed by atoms with E-state index in [0.717, 1.165) is 30.2 Å². The van der Waals surface area contributed by atoms with E-state index >= 15 is 0 Å².